The molecule has 2 bridgehead atoms. The molecule has 2 aliphatic rings. The monoisotopic (exact) mass is 492 g/mol. The Morgan fingerprint density at radius 1 is 1.03 bits per heavy atom. The van der Waals surface area contributed by atoms with Gasteiger partial charge in [0, 0.05) is 11.8 Å². The first-order valence-electron chi connectivity index (χ1n) is 12.3. The van der Waals surface area contributed by atoms with Gasteiger partial charge in [-0.15, -0.1) is 0 Å². The predicted molar refractivity (Wildman–Crippen MR) is 133 cm³/mol. The summed E-state index contributed by atoms with van der Waals surface area (Å²) in [4.78, 5) is 27.2. The smallest absolute Gasteiger partial charge is 0.330 e. The molecule has 190 valence electrons. The van der Waals surface area contributed by atoms with E-state index in [1.54, 1.807) is 13.8 Å². The van der Waals surface area contributed by atoms with Crippen molar-refractivity contribution in [2.45, 2.75) is 63.4 Å². The number of fused-ring (bicyclic) bond motifs is 2. The van der Waals surface area contributed by atoms with E-state index < -0.39 is 40.7 Å². The Balaban J connectivity index is 1.49. The van der Waals surface area contributed by atoms with Gasteiger partial charge in [-0.25, -0.2) is 4.79 Å². The van der Waals surface area contributed by atoms with Crippen molar-refractivity contribution in [3.05, 3.63) is 104 Å². The molecule has 3 aromatic rings. The number of aliphatic hydroxyl groups is 1. The maximum Gasteiger partial charge on any atom is 0.330 e. The van der Waals surface area contributed by atoms with E-state index in [1.165, 1.54) is 10.8 Å². The number of H-pyrrole nitrogens is 1. The van der Waals surface area contributed by atoms with Gasteiger partial charge in [-0.3, -0.25) is 14.3 Å². The Labute approximate surface area is 209 Å². The Bertz CT molecular complexity index is 1300. The molecule has 2 aromatic carbocycles. The Kier molecular flexibility index (Phi) is 6.70. The van der Waals surface area contributed by atoms with E-state index in [0.717, 1.165) is 11.1 Å². The third-order valence-corrected chi connectivity index (χ3v) is 7.43. The predicted octanol–water partition coefficient (Wildman–Crippen LogP) is 3.08. The lowest BCUT2D eigenvalue weighted by molar-refractivity contribution is -0.178. The lowest BCUT2D eigenvalue weighted by atomic mass is 9.69. The van der Waals surface area contributed by atoms with Crippen LogP contribution in [0.3, 0.4) is 0 Å². The molecule has 1 aliphatic heterocycles. The molecule has 8 heteroatoms. The number of aromatic nitrogens is 2. The van der Waals surface area contributed by atoms with E-state index >= 15 is 0 Å². The summed E-state index contributed by atoms with van der Waals surface area (Å²) in [5.74, 6) is -0.557. The molecule has 5 rings (SSSR count). The minimum Gasteiger partial charge on any atom is -0.390 e. The van der Waals surface area contributed by atoms with E-state index in [9.17, 15) is 14.7 Å². The molecule has 0 amide bonds. The van der Waals surface area contributed by atoms with Gasteiger partial charge in [0.15, 0.2) is 0 Å². The third-order valence-electron chi connectivity index (χ3n) is 7.43. The van der Waals surface area contributed by atoms with Gasteiger partial charge in [0.05, 0.1) is 37.4 Å². The highest BCUT2D eigenvalue weighted by Crippen LogP contribution is 2.55. The zero-order valence-electron chi connectivity index (χ0n) is 20.6. The van der Waals surface area contributed by atoms with Crippen LogP contribution in [0.1, 0.15) is 42.7 Å². The first-order valence-corrected chi connectivity index (χ1v) is 12.3. The first-order chi connectivity index (χ1) is 17.3. The molecule has 0 unspecified atom stereocenters. The summed E-state index contributed by atoms with van der Waals surface area (Å²) < 4.78 is 20.7. The van der Waals surface area contributed by atoms with Crippen molar-refractivity contribution in [2.75, 3.05) is 6.61 Å². The van der Waals surface area contributed by atoms with Crippen molar-refractivity contribution in [3.8, 4) is 0 Å². The second kappa shape index (κ2) is 9.78. The maximum atomic E-state index is 12.8. The van der Waals surface area contributed by atoms with Gasteiger partial charge in [0.1, 0.15) is 11.8 Å². The average molecular weight is 493 g/mol. The van der Waals surface area contributed by atoms with Crippen LogP contribution in [0.2, 0.25) is 0 Å². The molecule has 8 nitrogen and oxygen atoms in total. The first kappa shape index (κ1) is 24.6. The van der Waals surface area contributed by atoms with Gasteiger partial charge >= 0.3 is 5.69 Å². The fraction of sp³-hybridized carbons (Fsp3) is 0.429. The van der Waals surface area contributed by atoms with Crippen molar-refractivity contribution in [2.24, 2.45) is 5.92 Å². The second-order valence-electron chi connectivity index (χ2n) is 10.1. The van der Waals surface area contributed by atoms with Crippen LogP contribution < -0.4 is 11.2 Å². The molecule has 0 spiro atoms. The van der Waals surface area contributed by atoms with Crippen LogP contribution in [-0.4, -0.2) is 38.6 Å². The fourth-order valence-electron chi connectivity index (χ4n) is 5.45. The molecular formula is C28H32N2O6. The van der Waals surface area contributed by atoms with Crippen LogP contribution in [0.4, 0.5) is 0 Å². The molecule has 2 N–H and O–H groups in total. The van der Waals surface area contributed by atoms with Crippen molar-refractivity contribution >= 4 is 0 Å². The average Bonchev–Trinajstić information content (AvgIpc) is 3.14. The lowest BCUT2D eigenvalue weighted by Gasteiger charge is -2.45. The number of nitrogens with zero attached hydrogens (tertiary/aromatic N) is 1. The van der Waals surface area contributed by atoms with Crippen molar-refractivity contribution in [3.63, 3.8) is 0 Å². The maximum absolute atomic E-state index is 12.8. The van der Waals surface area contributed by atoms with Gasteiger partial charge in [-0.05, 0) is 37.8 Å². The van der Waals surface area contributed by atoms with Crippen LogP contribution in [0, 0.1) is 12.8 Å². The van der Waals surface area contributed by atoms with Gasteiger partial charge in [0.25, 0.3) is 5.56 Å². The zero-order valence-corrected chi connectivity index (χ0v) is 20.6. The molecule has 1 saturated heterocycles. The van der Waals surface area contributed by atoms with E-state index in [1.807, 2.05) is 60.7 Å². The highest BCUT2D eigenvalue weighted by atomic mass is 16.6. The summed E-state index contributed by atoms with van der Waals surface area (Å²) in [5, 5.41) is 11.5. The van der Waals surface area contributed by atoms with Crippen LogP contribution in [0.15, 0.2) is 76.4 Å². The number of hydrogen-bond donors (Lipinski definition) is 2. The van der Waals surface area contributed by atoms with E-state index in [0.29, 0.717) is 31.6 Å². The van der Waals surface area contributed by atoms with E-state index in [-0.39, 0.29) is 6.61 Å². The van der Waals surface area contributed by atoms with Gasteiger partial charge in [-0.2, -0.15) is 0 Å². The molecular weight excluding hydrogens is 460 g/mol. The number of benzene rings is 2. The third kappa shape index (κ3) is 4.69. The number of ether oxygens (including phenoxy) is 3. The highest BCUT2D eigenvalue weighted by molar-refractivity contribution is 5.17. The summed E-state index contributed by atoms with van der Waals surface area (Å²) in [6.45, 7) is 4.36. The number of aromatic amines is 1. The van der Waals surface area contributed by atoms with Gasteiger partial charge in [0.2, 0.25) is 0 Å². The van der Waals surface area contributed by atoms with Gasteiger partial charge in [-0.1, -0.05) is 60.7 Å². The fourth-order valence-corrected chi connectivity index (χ4v) is 5.45. The summed E-state index contributed by atoms with van der Waals surface area (Å²) in [6.07, 6.45) is 1.09. The summed E-state index contributed by atoms with van der Waals surface area (Å²) in [7, 11) is 0. The molecule has 5 atom stereocenters. The van der Waals surface area contributed by atoms with Crippen LogP contribution in [0.25, 0.3) is 0 Å². The SMILES string of the molecule is Cc1cn([C@@H]2O[C@@]3(COCc4ccccc4)CC[C@](C)(O)[C@@H]2[C@@H]3OCc2ccccc2)c(=O)[nH]c1=O. The Morgan fingerprint density at radius 2 is 1.67 bits per heavy atom. The quantitative estimate of drug-likeness (QED) is 0.501. The summed E-state index contributed by atoms with van der Waals surface area (Å²) >= 11 is 0. The molecule has 2 fully saturated rings. The summed E-state index contributed by atoms with van der Waals surface area (Å²) in [5.41, 5.74) is -0.633. The number of rotatable bonds is 8. The van der Waals surface area contributed by atoms with Crippen molar-refractivity contribution < 1.29 is 19.3 Å². The summed E-state index contributed by atoms with van der Waals surface area (Å²) in [6, 6.07) is 19.7. The van der Waals surface area contributed by atoms with Crippen molar-refractivity contribution in [1.29, 1.82) is 0 Å². The number of aryl methyl sites for hydroxylation is 1. The topological polar surface area (TPSA) is 103 Å². The zero-order chi connectivity index (χ0) is 25.3. The lowest BCUT2D eigenvalue weighted by Crippen LogP contribution is -2.57. The molecule has 2 heterocycles. The second-order valence-corrected chi connectivity index (χ2v) is 10.1. The van der Waals surface area contributed by atoms with Crippen LogP contribution in [-0.2, 0) is 27.4 Å². The largest absolute Gasteiger partial charge is 0.390 e. The van der Waals surface area contributed by atoms with Crippen molar-refractivity contribution in [1.82, 2.24) is 9.55 Å². The van der Waals surface area contributed by atoms with Gasteiger partial charge < -0.3 is 19.3 Å². The Morgan fingerprint density at radius 3 is 2.33 bits per heavy atom. The standard InChI is InChI=1S/C28H32N2O6/c1-19-15-30(26(32)29-24(19)31)25-22-23(35-17-21-11-7-4-8-12-21)28(36-25,14-13-27(22,2)33)18-34-16-20-9-5-3-6-10-20/h3-12,15,22-23,25,33H,13-14,16-18H2,1-2H3,(H,29,31,32)/t22-,23+,25-,27+,28-/m1/s1. The molecule has 1 saturated carbocycles. The number of nitrogens with one attached hydrogen (secondary N) is 1. The molecule has 36 heavy (non-hydrogen) atoms. The van der Waals surface area contributed by atoms with E-state index in [2.05, 4.69) is 4.98 Å². The van der Waals surface area contributed by atoms with E-state index in [4.69, 9.17) is 14.2 Å². The minimum absolute atomic E-state index is 0.238. The molecule has 0 radical (unpaired) electrons. The Hall–Kier alpha value is -3.04. The van der Waals surface area contributed by atoms with Crippen LogP contribution in [0.5, 0.6) is 0 Å². The highest BCUT2D eigenvalue weighted by Gasteiger charge is 2.65. The normalized spacial score (nSPS) is 29.4. The number of hydrogen-bond acceptors (Lipinski definition) is 6. The molecule has 1 aliphatic carbocycles. The van der Waals surface area contributed by atoms with Crippen LogP contribution >= 0.6 is 0 Å². The minimum atomic E-state index is -1.16. The molecule has 1 aromatic heterocycles.